The van der Waals surface area contributed by atoms with Gasteiger partial charge >= 0.3 is 5.97 Å². The second kappa shape index (κ2) is 10.6. The minimum absolute atomic E-state index is 0.212. The molecule has 1 N–H and O–H groups in total. The molecule has 2 aromatic rings. The molecule has 0 aliphatic carbocycles. The minimum Gasteiger partial charge on any atom is -0.490 e. The van der Waals surface area contributed by atoms with E-state index in [1.165, 1.54) is 13.2 Å². The van der Waals surface area contributed by atoms with Gasteiger partial charge in [-0.05, 0) is 56.2 Å². The summed E-state index contributed by atoms with van der Waals surface area (Å²) in [5, 5.41) is 3.08. The second-order valence-corrected chi connectivity index (χ2v) is 6.29. The number of aryl methyl sites for hydroxylation is 1. The molecule has 0 saturated heterocycles. The summed E-state index contributed by atoms with van der Waals surface area (Å²) in [4.78, 5) is 24.0. The summed E-state index contributed by atoms with van der Waals surface area (Å²) < 4.78 is 15.8. The standard InChI is InChI=1S/C21H24ClNO5/c1-4-27-18-10-6-14(12-19(18)28-5-2)7-11-20(24)23-17-13-15(21(25)26-3)8-9-16(17)22/h6,8-10,12-13H,4-5,7,11H2,1-3H3,(H,23,24). The summed E-state index contributed by atoms with van der Waals surface area (Å²) in [5.74, 6) is 0.640. The molecule has 2 rings (SSSR count). The Bertz CT molecular complexity index is 838. The van der Waals surface area contributed by atoms with Gasteiger partial charge in [-0.15, -0.1) is 0 Å². The average Bonchev–Trinajstić information content (AvgIpc) is 2.69. The van der Waals surface area contributed by atoms with Gasteiger partial charge in [-0.25, -0.2) is 4.79 Å². The van der Waals surface area contributed by atoms with Gasteiger partial charge in [0.1, 0.15) is 0 Å². The summed E-state index contributed by atoms with van der Waals surface area (Å²) >= 11 is 6.11. The second-order valence-electron chi connectivity index (χ2n) is 5.88. The van der Waals surface area contributed by atoms with Crippen LogP contribution in [0.15, 0.2) is 36.4 Å². The number of nitrogens with one attached hydrogen (secondary N) is 1. The van der Waals surface area contributed by atoms with Crippen LogP contribution in [0.2, 0.25) is 5.02 Å². The largest absolute Gasteiger partial charge is 0.490 e. The number of methoxy groups -OCH3 is 1. The number of carbonyl (C=O) groups excluding carboxylic acids is 2. The van der Waals surface area contributed by atoms with E-state index in [4.69, 9.17) is 21.1 Å². The van der Waals surface area contributed by atoms with Gasteiger partial charge in [0.15, 0.2) is 11.5 Å². The zero-order chi connectivity index (χ0) is 20.5. The number of benzene rings is 2. The van der Waals surface area contributed by atoms with Crippen LogP contribution in [0.4, 0.5) is 5.69 Å². The van der Waals surface area contributed by atoms with Crippen LogP contribution in [0.5, 0.6) is 11.5 Å². The molecular weight excluding hydrogens is 382 g/mol. The molecule has 2 aromatic carbocycles. The fourth-order valence-electron chi connectivity index (χ4n) is 2.59. The Labute approximate surface area is 169 Å². The van der Waals surface area contributed by atoms with Crippen molar-refractivity contribution >= 4 is 29.2 Å². The Morgan fingerprint density at radius 3 is 2.39 bits per heavy atom. The van der Waals surface area contributed by atoms with Crippen molar-refractivity contribution in [2.24, 2.45) is 0 Å². The highest BCUT2D eigenvalue weighted by atomic mass is 35.5. The molecule has 7 heteroatoms. The van der Waals surface area contributed by atoms with Crippen LogP contribution in [-0.4, -0.2) is 32.2 Å². The number of hydrogen-bond donors (Lipinski definition) is 1. The first-order chi connectivity index (χ1) is 13.5. The van der Waals surface area contributed by atoms with Gasteiger partial charge in [0.05, 0.1) is 36.6 Å². The Morgan fingerprint density at radius 2 is 1.71 bits per heavy atom. The van der Waals surface area contributed by atoms with Crippen molar-refractivity contribution in [2.75, 3.05) is 25.6 Å². The maximum absolute atomic E-state index is 12.3. The Hall–Kier alpha value is -2.73. The number of hydrogen-bond acceptors (Lipinski definition) is 5. The first-order valence-corrected chi connectivity index (χ1v) is 9.42. The summed E-state index contributed by atoms with van der Waals surface area (Å²) in [6, 6.07) is 10.2. The molecule has 0 aliphatic heterocycles. The molecule has 0 aromatic heterocycles. The van der Waals surface area contributed by atoms with Crippen LogP contribution in [0.25, 0.3) is 0 Å². The molecule has 0 saturated carbocycles. The molecule has 6 nitrogen and oxygen atoms in total. The van der Waals surface area contributed by atoms with Gasteiger partial charge in [0.2, 0.25) is 5.91 Å². The summed E-state index contributed by atoms with van der Waals surface area (Å²) in [5.41, 5.74) is 1.64. The van der Waals surface area contributed by atoms with Crippen LogP contribution in [0, 0.1) is 0 Å². The lowest BCUT2D eigenvalue weighted by Crippen LogP contribution is -2.13. The minimum atomic E-state index is -0.495. The predicted molar refractivity (Wildman–Crippen MR) is 109 cm³/mol. The molecule has 0 radical (unpaired) electrons. The smallest absolute Gasteiger partial charge is 0.337 e. The van der Waals surface area contributed by atoms with Crippen molar-refractivity contribution < 1.29 is 23.8 Å². The van der Waals surface area contributed by atoms with E-state index >= 15 is 0 Å². The number of halogens is 1. The number of anilines is 1. The van der Waals surface area contributed by atoms with E-state index in [2.05, 4.69) is 10.1 Å². The molecule has 0 spiro atoms. The third kappa shape index (κ3) is 5.89. The quantitative estimate of drug-likeness (QED) is 0.622. The van der Waals surface area contributed by atoms with Gasteiger partial charge in [-0.2, -0.15) is 0 Å². The summed E-state index contributed by atoms with van der Waals surface area (Å²) in [6.45, 7) is 4.89. The number of rotatable bonds is 9. The van der Waals surface area contributed by atoms with Crippen molar-refractivity contribution in [3.05, 3.63) is 52.5 Å². The van der Waals surface area contributed by atoms with E-state index in [-0.39, 0.29) is 12.3 Å². The fraction of sp³-hybridized carbons (Fsp3) is 0.333. The molecule has 0 unspecified atom stereocenters. The normalized spacial score (nSPS) is 10.3. The van der Waals surface area contributed by atoms with Crippen LogP contribution < -0.4 is 14.8 Å². The van der Waals surface area contributed by atoms with E-state index in [1.54, 1.807) is 12.1 Å². The highest BCUT2D eigenvalue weighted by molar-refractivity contribution is 6.33. The molecule has 1 amide bonds. The number of ether oxygens (including phenoxy) is 3. The number of amides is 1. The number of carbonyl (C=O) groups is 2. The first-order valence-electron chi connectivity index (χ1n) is 9.04. The van der Waals surface area contributed by atoms with E-state index in [1.807, 2.05) is 32.0 Å². The third-order valence-corrected chi connectivity index (χ3v) is 4.24. The van der Waals surface area contributed by atoms with Gasteiger partial charge < -0.3 is 19.5 Å². The van der Waals surface area contributed by atoms with Crippen molar-refractivity contribution in [1.29, 1.82) is 0 Å². The maximum Gasteiger partial charge on any atom is 0.337 e. The highest BCUT2D eigenvalue weighted by Gasteiger charge is 2.12. The van der Waals surface area contributed by atoms with Crippen molar-refractivity contribution in [3.8, 4) is 11.5 Å². The SMILES string of the molecule is CCOc1ccc(CCC(=O)Nc2cc(C(=O)OC)ccc2Cl)cc1OCC. The van der Waals surface area contributed by atoms with Crippen molar-refractivity contribution in [1.82, 2.24) is 0 Å². The van der Waals surface area contributed by atoms with Crippen LogP contribution >= 0.6 is 11.6 Å². The van der Waals surface area contributed by atoms with Gasteiger partial charge in [0, 0.05) is 6.42 Å². The molecule has 0 bridgehead atoms. The van der Waals surface area contributed by atoms with E-state index in [9.17, 15) is 9.59 Å². The van der Waals surface area contributed by atoms with Gasteiger partial charge in [0.25, 0.3) is 0 Å². The highest BCUT2D eigenvalue weighted by Crippen LogP contribution is 2.29. The van der Waals surface area contributed by atoms with Crippen LogP contribution in [0.1, 0.15) is 36.2 Å². The van der Waals surface area contributed by atoms with E-state index in [0.717, 1.165) is 5.56 Å². The lowest BCUT2D eigenvalue weighted by Gasteiger charge is -2.13. The average molecular weight is 406 g/mol. The maximum atomic E-state index is 12.3. The molecule has 0 atom stereocenters. The Morgan fingerprint density at radius 1 is 1.00 bits per heavy atom. The Balaban J connectivity index is 2.02. The summed E-state index contributed by atoms with van der Waals surface area (Å²) in [6.07, 6.45) is 0.769. The lowest BCUT2D eigenvalue weighted by molar-refractivity contribution is -0.116. The molecule has 0 fully saturated rings. The van der Waals surface area contributed by atoms with Gasteiger partial charge in [-0.1, -0.05) is 17.7 Å². The van der Waals surface area contributed by atoms with Crippen molar-refractivity contribution in [3.63, 3.8) is 0 Å². The monoisotopic (exact) mass is 405 g/mol. The molecule has 150 valence electrons. The lowest BCUT2D eigenvalue weighted by atomic mass is 10.1. The fourth-order valence-corrected chi connectivity index (χ4v) is 2.75. The summed E-state index contributed by atoms with van der Waals surface area (Å²) in [7, 11) is 1.29. The predicted octanol–water partition coefficient (Wildman–Crippen LogP) is 4.50. The molecular formula is C21H24ClNO5. The topological polar surface area (TPSA) is 73.9 Å². The number of esters is 1. The third-order valence-electron chi connectivity index (χ3n) is 3.91. The molecule has 0 aliphatic rings. The zero-order valence-electron chi connectivity index (χ0n) is 16.2. The molecule has 0 heterocycles. The Kier molecular flexibility index (Phi) is 8.14. The van der Waals surface area contributed by atoms with Gasteiger partial charge in [-0.3, -0.25) is 4.79 Å². The first kappa shape index (κ1) is 21.6. The van der Waals surface area contributed by atoms with E-state index < -0.39 is 5.97 Å². The van der Waals surface area contributed by atoms with E-state index in [0.29, 0.717) is 47.4 Å². The van der Waals surface area contributed by atoms with Crippen LogP contribution in [0.3, 0.4) is 0 Å². The van der Waals surface area contributed by atoms with Crippen LogP contribution in [-0.2, 0) is 16.0 Å². The van der Waals surface area contributed by atoms with Crippen molar-refractivity contribution in [2.45, 2.75) is 26.7 Å². The zero-order valence-corrected chi connectivity index (χ0v) is 17.0. The molecule has 28 heavy (non-hydrogen) atoms.